The van der Waals surface area contributed by atoms with Crippen LogP contribution in [0.3, 0.4) is 0 Å². The monoisotopic (exact) mass is 221 g/mol. The maximum Gasteiger partial charge on any atom is 0.0524 e. The molecule has 1 rings (SSSR count). The molecule has 0 heterocycles. The largest absolute Gasteiger partial charge is 0.393 e. The first-order chi connectivity index (χ1) is 7.59. The van der Waals surface area contributed by atoms with Crippen molar-refractivity contribution in [3.05, 3.63) is 35.4 Å². The van der Waals surface area contributed by atoms with Gasteiger partial charge in [0.25, 0.3) is 0 Å². The number of hydrogen-bond acceptors (Lipinski definition) is 2. The predicted octanol–water partition coefficient (Wildman–Crippen LogP) is 2.67. The molecule has 2 heteroatoms. The Labute approximate surface area is 98.7 Å². The summed E-state index contributed by atoms with van der Waals surface area (Å²) in [5.41, 5.74) is 2.68. The lowest BCUT2D eigenvalue weighted by Gasteiger charge is -2.08. The van der Waals surface area contributed by atoms with Gasteiger partial charge in [0, 0.05) is 6.54 Å². The van der Waals surface area contributed by atoms with Crippen LogP contribution in [0.2, 0.25) is 0 Å². The molecule has 1 unspecified atom stereocenters. The standard InChI is InChI=1S/C14H23NO/c1-11(2)14-6-4-13(5-7-14)10-15-9-8-12(3)16/h4-7,11-12,15-16H,8-10H2,1-3H3. The average molecular weight is 221 g/mol. The zero-order valence-electron chi connectivity index (χ0n) is 10.5. The highest BCUT2D eigenvalue weighted by Gasteiger charge is 1.99. The molecule has 1 aromatic rings. The van der Waals surface area contributed by atoms with Crippen LogP contribution < -0.4 is 5.32 Å². The fourth-order valence-electron chi connectivity index (χ4n) is 1.56. The van der Waals surface area contributed by atoms with Gasteiger partial charge in [0.2, 0.25) is 0 Å². The quantitative estimate of drug-likeness (QED) is 0.724. The molecule has 1 atom stereocenters. The molecule has 0 amide bonds. The van der Waals surface area contributed by atoms with Gasteiger partial charge in [-0.2, -0.15) is 0 Å². The van der Waals surface area contributed by atoms with Crippen molar-refractivity contribution in [2.75, 3.05) is 6.54 Å². The van der Waals surface area contributed by atoms with E-state index in [0.29, 0.717) is 5.92 Å². The lowest BCUT2D eigenvalue weighted by molar-refractivity contribution is 0.183. The molecule has 1 aromatic carbocycles. The van der Waals surface area contributed by atoms with E-state index in [1.165, 1.54) is 11.1 Å². The second kappa shape index (κ2) is 6.66. The first-order valence-electron chi connectivity index (χ1n) is 6.07. The minimum Gasteiger partial charge on any atom is -0.393 e. The average Bonchev–Trinajstić information content (AvgIpc) is 2.25. The summed E-state index contributed by atoms with van der Waals surface area (Å²) in [4.78, 5) is 0. The molecule has 0 saturated carbocycles. The van der Waals surface area contributed by atoms with E-state index in [4.69, 9.17) is 5.11 Å². The van der Waals surface area contributed by atoms with Crippen LogP contribution in [-0.4, -0.2) is 17.8 Å². The van der Waals surface area contributed by atoms with Crippen LogP contribution in [0, 0.1) is 0 Å². The molecule has 0 aromatic heterocycles. The van der Waals surface area contributed by atoms with Crippen molar-refractivity contribution in [3.8, 4) is 0 Å². The molecular weight excluding hydrogens is 198 g/mol. The van der Waals surface area contributed by atoms with Crippen LogP contribution in [0.1, 0.15) is 44.2 Å². The molecule has 0 aliphatic heterocycles. The smallest absolute Gasteiger partial charge is 0.0524 e. The Morgan fingerprint density at radius 1 is 1.12 bits per heavy atom. The van der Waals surface area contributed by atoms with Gasteiger partial charge in [-0.15, -0.1) is 0 Å². The molecule has 0 aliphatic carbocycles. The molecular formula is C14H23NO. The van der Waals surface area contributed by atoms with Crippen molar-refractivity contribution in [2.24, 2.45) is 0 Å². The summed E-state index contributed by atoms with van der Waals surface area (Å²) in [6.07, 6.45) is 0.597. The SMILES string of the molecule is CC(O)CCNCc1ccc(C(C)C)cc1. The zero-order valence-corrected chi connectivity index (χ0v) is 10.5. The van der Waals surface area contributed by atoms with Crippen molar-refractivity contribution in [3.63, 3.8) is 0 Å². The second-order valence-corrected chi connectivity index (χ2v) is 4.71. The number of benzene rings is 1. The van der Waals surface area contributed by atoms with Gasteiger partial charge in [-0.3, -0.25) is 0 Å². The van der Waals surface area contributed by atoms with E-state index in [9.17, 15) is 0 Å². The van der Waals surface area contributed by atoms with Crippen LogP contribution in [0.15, 0.2) is 24.3 Å². The van der Waals surface area contributed by atoms with E-state index in [1.54, 1.807) is 0 Å². The Morgan fingerprint density at radius 2 is 1.75 bits per heavy atom. The summed E-state index contributed by atoms with van der Waals surface area (Å²) in [7, 11) is 0. The predicted molar refractivity (Wildman–Crippen MR) is 68.5 cm³/mol. The number of aliphatic hydroxyl groups is 1. The minimum absolute atomic E-state index is 0.212. The van der Waals surface area contributed by atoms with Crippen LogP contribution in [0.4, 0.5) is 0 Å². The third kappa shape index (κ3) is 4.77. The summed E-state index contributed by atoms with van der Waals surface area (Å²) in [5, 5.41) is 12.4. The molecule has 2 nitrogen and oxygen atoms in total. The van der Waals surface area contributed by atoms with Gasteiger partial charge in [0.1, 0.15) is 0 Å². The van der Waals surface area contributed by atoms with Crippen LogP contribution in [0.5, 0.6) is 0 Å². The van der Waals surface area contributed by atoms with Gasteiger partial charge in [0.05, 0.1) is 6.10 Å². The minimum atomic E-state index is -0.212. The molecule has 0 spiro atoms. The van der Waals surface area contributed by atoms with Gasteiger partial charge in [-0.25, -0.2) is 0 Å². The molecule has 90 valence electrons. The van der Waals surface area contributed by atoms with E-state index in [2.05, 4.69) is 43.4 Å². The van der Waals surface area contributed by atoms with Crippen molar-refractivity contribution in [1.82, 2.24) is 5.32 Å². The van der Waals surface area contributed by atoms with Crippen LogP contribution in [0.25, 0.3) is 0 Å². The summed E-state index contributed by atoms with van der Waals surface area (Å²) >= 11 is 0. The highest BCUT2D eigenvalue weighted by molar-refractivity contribution is 5.24. The lowest BCUT2D eigenvalue weighted by Crippen LogP contribution is -2.18. The number of aliphatic hydroxyl groups excluding tert-OH is 1. The van der Waals surface area contributed by atoms with Gasteiger partial charge in [0.15, 0.2) is 0 Å². The Balaban J connectivity index is 2.32. The summed E-state index contributed by atoms with van der Waals surface area (Å²) in [5.74, 6) is 0.595. The first kappa shape index (κ1) is 13.2. The van der Waals surface area contributed by atoms with Crippen molar-refractivity contribution in [2.45, 2.75) is 45.8 Å². The van der Waals surface area contributed by atoms with Gasteiger partial charge < -0.3 is 10.4 Å². The summed E-state index contributed by atoms with van der Waals surface area (Å²) in [6.45, 7) is 7.97. The summed E-state index contributed by atoms with van der Waals surface area (Å²) in [6, 6.07) is 8.72. The topological polar surface area (TPSA) is 32.3 Å². The molecule has 0 saturated heterocycles. The highest BCUT2D eigenvalue weighted by atomic mass is 16.3. The van der Waals surface area contributed by atoms with Crippen LogP contribution >= 0.6 is 0 Å². The van der Waals surface area contributed by atoms with Crippen molar-refractivity contribution < 1.29 is 5.11 Å². The first-order valence-corrected chi connectivity index (χ1v) is 6.07. The van der Waals surface area contributed by atoms with E-state index in [-0.39, 0.29) is 6.10 Å². The Kier molecular flexibility index (Phi) is 5.50. The van der Waals surface area contributed by atoms with Gasteiger partial charge >= 0.3 is 0 Å². The third-order valence-corrected chi connectivity index (χ3v) is 2.71. The van der Waals surface area contributed by atoms with Gasteiger partial charge in [-0.1, -0.05) is 38.1 Å². The zero-order chi connectivity index (χ0) is 12.0. The maximum atomic E-state index is 9.11. The second-order valence-electron chi connectivity index (χ2n) is 4.71. The van der Waals surface area contributed by atoms with E-state index in [1.807, 2.05) is 6.92 Å². The van der Waals surface area contributed by atoms with E-state index in [0.717, 1.165) is 19.5 Å². The fraction of sp³-hybridized carbons (Fsp3) is 0.571. The Hall–Kier alpha value is -0.860. The van der Waals surface area contributed by atoms with Crippen molar-refractivity contribution in [1.29, 1.82) is 0 Å². The maximum absolute atomic E-state index is 9.11. The fourth-order valence-corrected chi connectivity index (χ4v) is 1.56. The highest BCUT2D eigenvalue weighted by Crippen LogP contribution is 2.14. The lowest BCUT2D eigenvalue weighted by atomic mass is 10.0. The summed E-state index contributed by atoms with van der Waals surface area (Å²) < 4.78 is 0. The van der Waals surface area contributed by atoms with E-state index < -0.39 is 0 Å². The Bertz CT molecular complexity index is 290. The van der Waals surface area contributed by atoms with Gasteiger partial charge in [-0.05, 0) is 36.9 Å². The number of hydrogen-bond donors (Lipinski definition) is 2. The number of nitrogens with one attached hydrogen (secondary N) is 1. The van der Waals surface area contributed by atoms with Crippen molar-refractivity contribution >= 4 is 0 Å². The van der Waals surface area contributed by atoms with E-state index >= 15 is 0 Å². The van der Waals surface area contributed by atoms with Crippen LogP contribution in [-0.2, 0) is 6.54 Å². The molecule has 0 bridgehead atoms. The molecule has 16 heavy (non-hydrogen) atoms. The number of rotatable bonds is 6. The molecule has 0 fully saturated rings. The molecule has 0 radical (unpaired) electrons. The Morgan fingerprint density at radius 3 is 2.25 bits per heavy atom. The molecule has 2 N–H and O–H groups in total. The normalized spacial score (nSPS) is 13.1. The third-order valence-electron chi connectivity index (χ3n) is 2.71. The molecule has 0 aliphatic rings.